The van der Waals surface area contributed by atoms with Crippen LogP contribution in [-0.4, -0.2) is 65.9 Å². The Kier molecular flexibility index (Phi) is 5.32. The average molecular weight is 418 g/mol. The van der Waals surface area contributed by atoms with Gasteiger partial charge in [0.2, 0.25) is 0 Å². The second kappa shape index (κ2) is 8.41. The first-order valence-corrected chi connectivity index (χ1v) is 11.0. The van der Waals surface area contributed by atoms with Crippen LogP contribution in [-0.2, 0) is 0 Å². The third kappa shape index (κ3) is 3.87. The van der Waals surface area contributed by atoms with E-state index in [-0.39, 0.29) is 11.8 Å². The minimum absolute atomic E-state index is 0.0788. The molecule has 7 nitrogen and oxygen atoms in total. The van der Waals surface area contributed by atoms with Crippen molar-refractivity contribution < 1.29 is 14.0 Å². The SMILES string of the molecule is O=C(c1ccc2ccnc(N3CCN(C(=O)c4ccco4)CC3)c2c1)N1CCCCC1. The molecule has 0 spiro atoms. The zero-order valence-electron chi connectivity index (χ0n) is 17.5. The van der Waals surface area contributed by atoms with Gasteiger partial charge in [0.15, 0.2) is 5.76 Å². The maximum Gasteiger partial charge on any atom is 0.289 e. The van der Waals surface area contributed by atoms with E-state index in [4.69, 9.17) is 4.42 Å². The van der Waals surface area contributed by atoms with Crippen molar-refractivity contribution in [2.75, 3.05) is 44.2 Å². The lowest BCUT2D eigenvalue weighted by Crippen LogP contribution is -2.49. The predicted octanol–water partition coefficient (Wildman–Crippen LogP) is 3.42. The van der Waals surface area contributed by atoms with E-state index >= 15 is 0 Å². The molecule has 0 aliphatic carbocycles. The Bertz CT molecular complexity index is 1080. The summed E-state index contributed by atoms with van der Waals surface area (Å²) in [5.41, 5.74) is 0.718. The number of amides is 2. The predicted molar refractivity (Wildman–Crippen MR) is 118 cm³/mol. The van der Waals surface area contributed by atoms with Gasteiger partial charge in [-0.05, 0) is 55.0 Å². The topological polar surface area (TPSA) is 69.9 Å². The molecular weight excluding hydrogens is 392 g/mol. The number of hydrogen-bond acceptors (Lipinski definition) is 5. The Balaban J connectivity index is 1.36. The Morgan fingerprint density at radius 3 is 2.35 bits per heavy atom. The Morgan fingerprint density at radius 1 is 0.839 bits per heavy atom. The smallest absolute Gasteiger partial charge is 0.289 e. The van der Waals surface area contributed by atoms with Crippen molar-refractivity contribution in [2.45, 2.75) is 19.3 Å². The van der Waals surface area contributed by atoms with Crippen LogP contribution in [0.3, 0.4) is 0 Å². The zero-order valence-corrected chi connectivity index (χ0v) is 17.5. The second-order valence-corrected chi connectivity index (χ2v) is 8.18. The lowest BCUT2D eigenvalue weighted by molar-refractivity contribution is 0.0710. The van der Waals surface area contributed by atoms with E-state index in [1.807, 2.05) is 40.3 Å². The number of anilines is 1. The van der Waals surface area contributed by atoms with Gasteiger partial charge >= 0.3 is 0 Å². The molecule has 0 bridgehead atoms. The standard InChI is InChI=1S/C24H26N4O3/c29-23(27-10-2-1-3-11-27)19-7-6-18-8-9-25-22(20(18)17-19)26-12-14-28(15-13-26)24(30)21-5-4-16-31-21/h4-9,16-17H,1-3,10-15H2. The van der Waals surface area contributed by atoms with Gasteiger partial charge in [-0.15, -0.1) is 0 Å². The van der Waals surface area contributed by atoms with Crippen molar-refractivity contribution in [1.82, 2.24) is 14.8 Å². The highest BCUT2D eigenvalue weighted by molar-refractivity contribution is 6.01. The van der Waals surface area contributed by atoms with Gasteiger partial charge in [-0.1, -0.05) is 6.07 Å². The summed E-state index contributed by atoms with van der Waals surface area (Å²) in [7, 11) is 0. The molecule has 2 fully saturated rings. The summed E-state index contributed by atoms with van der Waals surface area (Å²) in [6.07, 6.45) is 6.68. The lowest BCUT2D eigenvalue weighted by atomic mass is 10.0. The van der Waals surface area contributed by atoms with Gasteiger partial charge in [-0.2, -0.15) is 0 Å². The van der Waals surface area contributed by atoms with Gasteiger partial charge in [0.1, 0.15) is 5.82 Å². The van der Waals surface area contributed by atoms with Crippen molar-refractivity contribution in [3.05, 3.63) is 60.2 Å². The highest BCUT2D eigenvalue weighted by Gasteiger charge is 2.25. The van der Waals surface area contributed by atoms with Gasteiger partial charge in [0, 0.05) is 56.4 Å². The quantitative estimate of drug-likeness (QED) is 0.652. The van der Waals surface area contributed by atoms with Crippen LogP contribution in [0.25, 0.3) is 10.8 Å². The summed E-state index contributed by atoms with van der Waals surface area (Å²) in [6, 6.07) is 11.3. The van der Waals surface area contributed by atoms with E-state index in [0.717, 1.165) is 48.1 Å². The normalized spacial score (nSPS) is 17.2. The number of hydrogen-bond donors (Lipinski definition) is 0. The number of aromatic nitrogens is 1. The number of furan rings is 1. The summed E-state index contributed by atoms with van der Waals surface area (Å²) in [5, 5.41) is 2.05. The molecule has 160 valence electrons. The molecule has 2 aromatic heterocycles. The molecule has 2 amide bonds. The second-order valence-electron chi connectivity index (χ2n) is 8.18. The van der Waals surface area contributed by atoms with Crippen LogP contribution in [0.5, 0.6) is 0 Å². The zero-order chi connectivity index (χ0) is 21.2. The number of rotatable bonds is 3. The monoisotopic (exact) mass is 418 g/mol. The number of benzene rings is 1. The molecular formula is C24H26N4O3. The molecule has 0 radical (unpaired) electrons. The number of likely N-dealkylation sites (tertiary alicyclic amines) is 1. The third-order valence-electron chi connectivity index (χ3n) is 6.23. The average Bonchev–Trinajstić information content (AvgIpc) is 3.38. The maximum absolute atomic E-state index is 13.0. The first-order chi connectivity index (χ1) is 15.2. The molecule has 2 aliphatic rings. The lowest BCUT2D eigenvalue weighted by Gasteiger charge is -2.35. The summed E-state index contributed by atoms with van der Waals surface area (Å²) < 4.78 is 5.25. The van der Waals surface area contributed by atoms with Crippen LogP contribution in [0, 0.1) is 0 Å². The summed E-state index contributed by atoms with van der Waals surface area (Å²) in [6.45, 7) is 4.24. The molecule has 0 saturated carbocycles. The van der Waals surface area contributed by atoms with E-state index in [2.05, 4.69) is 9.88 Å². The Hall–Kier alpha value is -3.35. The number of nitrogens with zero attached hydrogens (tertiary/aromatic N) is 4. The van der Waals surface area contributed by atoms with E-state index in [1.165, 1.54) is 12.7 Å². The fourth-order valence-electron chi connectivity index (χ4n) is 4.50. The number of pyridine rings is 1. The number of carbonyl (C=O) groups excluding carboxylic acids is 2. The molecule has 31 heavy (non-hydrogen) atoms. The van der Waals surface area contributed by atoms with Gasteiger partial charge in [-0.3, -0.25) is 9.59 Å². The van der Waals surface area contributed by atoms with Gasteiger partial charge in [-0.25, -0.2) is 4.98 Å². The van der Waals surface area contributed by atoms with Gasteiger partial charge in [0.05, 0.1) is 6.26 Å². The third-order valence-corrected chi connectivity index (χ3v) is 6.23. The number of piperidine rings is 1. The highest BCUT2D eigenvalue weighted by atomic mass is 16.3. The molecule has 7 heteroatoms. The van der Waals surface area contributed by atoms with Crippen molar-refractivity contribution in [3.63, 3.8) is 0 Å². The van der Waals surface area contributed by atoms with Gasteiger partial charge < -0.3 is 19.1 Å². The van der Waals surface area contributed by atoms with Crippen LogP contribution in [0.1, 0.15) is 40.2 Å². The molecule has 0 N–H and O–H groups in total. The Labute approximate surface area is 181 Å². The van der Waals surface area contributed by atoms with E-state index in [1.54, 1.807) is 12.1 Å². The molecule has 0 unspecified atom stereocenters. The molecule has 2 saturated heterocycles. The molecule has 5 rings (SSSR count). The summed E-state index contributed by atoms with van der Waals surface area (Å²) >= 11 is 0. The Morgan fingerprint density at radius 2 is 1.61 bits per heavy atom. The van der Waals surface area contributed by atoms with E-state index in [9.17, 15) is 9.59 Å². The van der Waals surface area contributed by atoms with Crippen LogP contribution in [0.2, 0.25) is 0 Å². The van der Waals surface area contributed by atoms with Crippen molar-refractivity contribution in [2.24, 2.45) is 0 Å². The first-order valence-electron chi connectivity index (χ1n) is 11.0. The fourth-order valence-corrected chi connectivity index (χ4v) is 4.50. The van der Waals surface area contributed by atoms with E-state index in [0.29, 0.717) is 31.9 Å². The number of piperazine rings is 1. The van der Waals surface area contributed by atoms with E-state index < -0.39 is 0 Å². The minimum Gasteiger partial charge on any atom is -0.459 e. The summed E-state index contributed by atoms with van der Waals surface area (Å²) in [4.78, 5) is 36.2. The van der Waals surface area contributed by atoms with Crippen molar-refractivity contribution in [1.29, 1.82) is 0 Å². The van der Waals surface area contributed by atoms with Crippen LogP contribution in [0.4, 0.5) is 5.82 Å². The molecule has 4 heterocycles. The summed E-state index contributed by atoms with van der Waals surface area (Å²) in [5.74, 6) is 1.27. The number of carbonyl (C=O) groups is 2. The minimum atomic E-state index is -0.0788. The number of fused-ring (bicyclic) bond motifs is 1. The van der Waals surface area contributed by atoms with Crippen molar-refractivity contribution >= 4 is 28.4 Å². The molecule has 1 aromatic carbocycles. The highest BCUT2D eigenvalue weighted by Crippen LogP contribution is 2.27. The first kappa shape index (κ1) is 19.6. The van der Waals surface area contributed by atoms with Gasteiger partial charge in [0.25, 0.3) is 11.8 Å². The fraction of sp³-hybridized carbons (Fsp3) is 0.375. The van der Waals surface area contributed by atoms with Crippen LogP contribution >= 0.6 is 0 Å². The molecule has 2 aliphatic heterocycles. The van der Waals surface area contributed by atoms with Crippen molar-refractivity contribution in [3.8, 4) is 0 Å². The maximum atomic E-state index is 13.0. The molecule has 3 aromatic rings. The van der Waals surface area contributed by atoms with Crippen LogP contribution in [0.15, 0.2) is 53.3 Å². The largest absolute Gasteiger partial charge is 0.459 e. The molecule has 0 atom stereocenters. The van der Waals surface area contributed by atoms with Crippen LogP contribution < -0.4 is 4.90 Å².